The lowest BCUT2D eigenvalue weighted by Gasteiger charge is -2.62. The average molecular weight is 451 g/mol. The molecule has 0 radical (unpaired) electrons. The summed E-state index contributed by atoms with van der Waals surface area (Å²) in [5.41, 5.74) is 0.111. The number of carbonyl (C=O) groups is 3. The Kier molecular flexibility index (Phi) is 5.64. The van der Waals surface area contributed by atoms with Gasteiger partial charge in [-0.3, -0.25) is 14.4 Å². The monoisotopic (exact) mass is 450 g/mol. The molecule has 4 aliphatic carbocycles. The highest BCUT2D eigenvalue weighted by Gasteiger charge is 2.66. The normalized spacial score (nSPS) is 47.7. The van der Waals surface area contributed by atoms with Crippen LogP contribution in [0.25, 0.3) is 0 Å². The Balaban J connectivity index is 1.81. The summed E-state index contributed by atoms with van der Waals surface area (Å²) in [5, 5.41) is 11.5. The molecule has 1 N–H and O–H groups in total. The molecule has 8 atom stereocenters. The van der Waals surface area contributed by atoms with E-state index in [0.29, 0.717) is 24.2 Å². The van der Waals surface area contributed by atoms with Crippen molar-refractivity contribution in [2.24, 2.45) is 28.6 Å². The van der Waals surface area contributed by atoms with Crippen LogP contribution >= 0.6 is 23.5 Å². The summed E-state index contributed by atoms with van der Waals surface area (Å²) < 4.78 is 0. The summed E-state index contributed by atoms with van der Waals surface area (Å²) in [6.07, 6.45) is 6.70. The number of aliphatic hydroxyl groups is 1. The van der Waals surface area contributed by atoms with Crippen LogP contribution in [0.3, 0.4) is 0 Å². The number of fused-ring (bicyclic) bond motifs is 5. The SMILES string of the molecule is CC(=O)SC1CC2=CC(=O)CC(SC(C)=O)[C@]2(C)[C@H]2CC[C@@]3(C)[C@@H](CCC3(C)O)[C@H]12. The van der Waals surface area contributed by atoms with Gasteiger partial charge in [0, 0.05) is 36.2 Å². The standard InChI is InChI=1S/C24H34O4S2/c1-13(25)29-19-11-15-10-16(27)12-20(30-14(2)26)24(15,5)18-6-8-22(3)17(21(18)19)7-9-23(22,4)28/h10,17-21,28H,6-9,11-12H2,1-5H3/t17-,18-,19?,20?,21-,22-,23?,24-/m0/s1. The Hall–Kier alpha value is -0.590. The van der Waals surface area contributed by atoms with E-state index in [1.165, 1.54) is 23.5 Å². The lowest BCUT2D eigenvalue weighted by Crippen LogP contribution is -2.59. The van der Waals surface area contributed by atoms with Crippen molar-refractivity contribution in [2.75, 3.05) is 0 Å². The Morgan fingerprint density at radius 3 is 2.27 bits per heavy atom. The second-order valence-electron chi connectivity index (χ2n) is 10.6. The molecular formula is C24H34O4S2. The van der Waals surface area contributed by atoms with Crippen molar-refractivity contribution in [3.05, 3.63) is 11.6 Å². The van der Waals surface area contributed by atoms with E-state index in [9.17, 15) is 19.5 Å². The van der Waals surface area contributed by atoms with Gasteiger partial charge in [-0.15, -0.1) is 0 Å². The molecule has 0 saturated heterocycles. The fourth-order valence-electron chi connectivity index (χ4n) is 7.47. The number of hydrogen-bond donors (Lipinski definition) is 1. The third-order valence-electron chi connectivity index (χ3n) is 9.22. The fourth-order valence-corrected chi connectivity index (χ4v) is 9.92. The Morgan fingerprint density at radius 2 is 1.63 bits per heavy atom. The molecule has 0 aliphatic heterocycles. The zero-order chi connectivity index (χ0) is 22.1. The average Bonchev–Trinajstić information content (AvgIpc) is 2.86. The quantitative estimate of drug-likeness (QED) is 0.652. The molecule has 6 heteroatoms. The van der Waals surface area contributed by atoms with Crippen molar-refractivity contribution in [3.63, 3.8) is 0 Å². The van der Waals surface area contributed by atoms with Crippen LogP contribution in [0.1, 0.15) is 73.1 Å². The summed E-state index contributed by atoms with van der Waals surface area (Å²) in [5.74, 6) is 1.11. The molecule has 3 fully saturated rings. The first-order valence-corrected chi connectivity index (χ1v) is 13.0. The van der Waals surface area contributed by atoms with Crippen molar-refractivity contribution < 1.29 is 19.5 Å². The number of rotatable bonds is 2. The van der Waals surface area contributed by atoms with Gasteiger partial charge in [0.2, 0.25) is 0 Å². The van der Waals surface area contributed by atoms with Crippen LogP contribution in [0.15, 0.2) is 11.6 Å². The molecule has 0 bridgehead atoms. The van der Waals surface area contributed by atoms with E-state index in [4.69, 9.17) is 0 Å². The van der Waals surface area contributed by atoms with Gasteiger partial charge in [0.1, 0.15) is 0 Å². The maximum absolute atomic E-state index is 12.6. The van der Waals surface area contributed by atoms with Crippen LogP contribution in [0.5, 0.6) is 0 Å². The minimum absolute atomic E-state index is 0.0375. The van der Waals surface area contributed by atoms with Gasteiger partial charge in [0.15, 0.2) is 16.0 Å². The van der Waals surface area contributed by atoms with Gasteiger partial charge in [-0.2, -0.15) is 0 Å². The van der Waals surface area contributed by atoms with Crippen molar-refractivity contribution in [1.29, 1.82) is 0 Å². The zero-order valence-corrected chi connectivity index (χ0v) is 20.3. The van der Waals surface area contributed by atoms with E-state index in [1.807, 2.05) is 13.0 Å². The van der Waals surface area contributed by atoms with Crippen molar-refractivity contribution in [2.45, 2.75) is 89.2 Å². The minimum atomic E-state index is -0.679. The van der Waals surface area contributed by atoms with Gasteiger partial charge < -0.3 is 5.11 Å². The number of ketones is 1. The van der Waals surface area contributed by atoms with Crippen molar-refractivity contribution in [1.82, 2.24) is 0 Å². The summed E-state index contributed by atoms with van der Waals surface area (Å²) in [6, 6.07) is 0. The predicted octanol–water partition coefficient (Wildman–Crippen LogP) is 4.79. The van der Waals surface area contributed by atoms with Crippen LogP contribution in [-0.2, 0) is 14.4 Å². The highest BCUT2D eigenvalue weighted by Crippen LogP contribution is 2.69. The Labute approximate surface area is 188 Å². The molecule has 4 rings (SSSR count). The molecule has 0 aromatic carbocycles. The summed E-state index contributed by atoms with van der Waals surface area (Å²) in [6.45, 7) is 9.74. The van der Waals surface area contributed by atoms with Crippen LogP contribution < -0.4 is 0 Å². The first-order chi connectivity index (χ1) is 13.9. The zero-order valence-electron chi connectivity index (χ0n) is 18.7. The maximum Gasteiger partial charge on any atom is 0.186 e. The molecule has 4 nitrogen and oxygen atoms in total. The number of hydrogen-bond acceptors (Lipinski definition) is 6. The minimum Gasteiger partial charge on any atom is -0.390 e. The van der Waals surface area contributed by atoms with Crippen LogP contribution in [-0.4, -0.2) is 37.2 Å². The highest BCUT2D eigenvalue weighted by molar-refractivity contribution is 8.14. The van der Waals surface area contributed by atoms with E-state index in [1.54, 1.807) is 13.8 Å². The van der Waals surface area contributed by atoms with Gasteiger partial charge >= 0.3 is 0 Å². The molecular weight excluding hydrogens is 416 g/mol. The van der Waals surface area contributed by atoms with Crippen LogP contribution in [0.4, 0.5) is 0 Å². The molecule has 30 heavy (non-hydrogen) atoms. The number of thioether (sulfide) groups is 2. The second-order valence-corrected chi connectivity index (χ2v) is 13.4. The van der Waals surface area contributed by atoms with Gasteiger partial charge in [-0.05, 0) is 68.3 Å². The molecule has 4 aliphatic rings. The summed E-state index contributed by atoms with van der Waals surface area (Å²) in [4.78, 5) is 36.8. The molecule has 0 heterocycles. The molecule has 166 valence electrons. The van der Waals surface area contributed by atoms with E-state index in [-0.39, 0.29) is 37.3 Å². The molecule has 3 unspecified atom stereocenters. The van der Waals surface area contributed by atoms with Crippen LogP contribution in [0, 0.1) is 28.6 Å². The lowest BCUT2D eigenvalue weighted by atomic mass is 9.46. The third kappa shape index (κ3) is 3.27. The van der Waals surface area contributed by atoms with E-state index in [2.05, 4.69) is 13.8 Å². The molecule has 3 saturated carbocycles. The molecule has 0 aromatic rings. The van der Waals surface area contributed by atoms with E-state index >= 15 is 0 Å². The fraction of sp³-hybridized carbons (Fsp3) is 0.792. The topological polar surface area (TPSA) is 71.4 Å². The van der Waals surface area contributed by atoms with Crippen LogP contribution in [0.2, 0.25) is 0 Å². The largest absolute Gasteiger partial charge is 0.390 e. The highest BCUT2D eigenvalue weighted by atomic mass is 32.2. The van der Waals surface area contributed by atoms with Gasteiger partial charge in [0.25, 0.3) is 0 Å². The maximum atomic E-state index is 12.6. The first kappa shape index (κ1) is 22.6. The predicted molar refractivity (Wildman–Crippen MR) is 122 cm³/mol. The summed E-state index contributed by atoms with van der Waals surface area (Å²) >= 11 is 2.77. The molecule has 0 amide bonds. The van der Waals surface area contributed by atoms with Crippen molar-refractivity contribution in [3.8, 4) is 0 Å². The number of carbonyl (C=O) groups excluding carboxylic acids is 3. The van der Waals surface area contributed by atoms with Gasteiger partial charge in [-0.1, -0.05) is 42.9 Å². The second kappa shape index (κ2) is 7.48. The molecule has 0 spiro atoms. The first-order valence-electron chi connectivity index (χ1n) is 11.2. The Morgan fingerprint density at radius 1 is 1.00 bits per heavy atom. The van der Waals surface area contributed by atoms with Gasteiger partial charge in [-0.25, -0.2) is 0 Å². The smallest absolute Gasteiger partial charge is 0.186 e. The molecule has 0 aromatic heterocycles. The third-order valence-corrected chi connectivity index (χ3v) is 11.6. The van der Waals surface area contributed by atoms with E-state index < -0.39 is 5.60 Å². The van der Waals surface area contributed by atoms with Gasteiger partial charge in [0.05, 0.1) is 5.60 Å². The van der Waals surface area contributed by atoms with E-state index in [0.717, 1.165) is 37.7 Å². The Bertz CT molecular complexity index is 818. The lowest BCUT2D eigenvalue weighted by molar-refractivity contribution is -0.122. The van der Waals surface area contributed by atoms with Crippen molar-refractivity contribution >= 4 is 39.5 Å². The summed E-state index contributed by atoms with van der Waals surface area (Å²) in [7, 11) is 0. The number of allylic oxidation sites excluding steroid dienone is 1.